The molecule has 4 nitrogen and oxygen atoms in total. The number of carbonyl (C=O) groups excluding carboxylic acids is 1. The first-order valence-corrected chi connectivity index (χ1v) is 5.86. The fourth-order valence-corrected chi connectivity index (χ4v) is 1.71. The summed E-state index contributed by atoms with van der Waals surface area (Å²) >= 11 is 0. The number of phenols is 2. The summed E-state index contributed by atoms with van der Waals surface area (Å²) in [6, 6.07) is 13.4. The second-order valence-electron chi connectivity index (χ2n) is 4.13. The number of hydrogen-bond donors (Lipinski definition) is 2. The largest absolute Gasteiger partial charge is 0.504 e. The van der Waals surface area contributed by atoms with Gasteiger partial charge in [0.2, 0.25) is 0 Å². The van der Waals surface area contributed by atoms with Gasteiger partial charge in [-0.3, -0.25) is 0 Å². The molecule has 2 aromatic carbocycles. The zero-order chi connectivity index (χ0) is 13.8. The summed E-state index contributed by atoms with van der Waals surface area (Å²) in [6.07, 6.45) is -0.435. The topological polar surface area (TPSA) is 66.8 Å². The predicted molar refractivity (Wildman–Crippen MR) is 70.0 cm³/mol. The van der Waals surface area contributed by atoms with Gasteiger partial charge >= 0.3 is 5.97 Å². The fraction of sp³-hybridized carbons (Fsp3) is 0.133. The van der Waals surface area contributed by atoms with Crippen LogP contribution in [0.2, 0.25) is 0 Å². The maximum Gasteiger partial charge on any atom is 0.342 e. The fourth-order valence-electron chi connectivity index (χ4n) is 1.71. The van der Waals surface area contributed by atoms with Crippen LogP contribution in [-0.2, 0) is 4.74 Å². The van der Waals surface area contributed by atoms with Crippen molar-refractivity contribution in [3.05, 3.63) is 59.7 Å². The molecule has 0 aliphatic carbocycles. The lowest BCUT2D eigenvalue weighted by Gasteiger charge is -2.14. The minimum atomic E-state index is -0.676. The summed E-state index contributed by atoms with van der Waals surface area (Å²) in [5.74, 6) is -1.49. The van der Waals surface area contributed by atoms with E-state index in [1.807, 2.05) is 30.3 Å². The summed E-state index contributed by atoms with van der Waals surface area (Å²) in [5.41, 5.74) is 0.804. The first-order valence-electron chi connectivity index (χ1n) is 5.86. The van der Waals surface area contributed by atoms with Gasteiger partial charge in [-0.1, -0.05) is 36.4 Å². The van der Waals surface area contributed by atoms with Crippen LogP contribution in [0.3, 0.4) is 0 Å². The molecule has 2 rings (SSSR count). The van der Waals surface area contributed by atoms with Crippen molar-refractivity contribution in [3.8, 4) is 11.5 Å². The number of benzene rings is 2. The quantitative estimate of drug-likeness (QED) is 0.656. The van der Waals surface area contributed by atoms with Crippen molar-refractivity contribution < 1.29 is 19.7 Å². The van der Waals surface area contributed by atoms with Gasteiger partial charge in [-0.05, 0) is 24.6 Å². The molecular formula is C15H14O4. The standard InChI is InChI=1S/C15H14O4/c1-10(11-6-3-2-4-7-11)19-15(18)12-8-5-9-13(16)14(12)17/h2-10,16-17H,1H3/t10-/m1/s1. The first kappa shape index (κ1) is 13.0. The van der Waals surface area contributed by atoms with E-state index < -0.39 is 17.8 Å². The van der Waals surface area contributed by atoms with Crippen molar-refractivity contribution in [1.82, 2.24) is 0 Å². The molecule has 0 aliphatic rings. The number of esters is 1. The number of hydrogen-bond acceptors (Lipinski definition) is 4. The van der Waals surface area contributed by atoms with E-state index in [1.165, 1.54) is 18.2 Å². The second-order valence-corrected chi connectivity index (χ2v) is 4.13. The van der Waals surface area contributed by atoms with Crippen molar-refractivity contribution in [3.63, 3.8) is 0 Å². The predicted octanol–water partition coefficient (Wildman–Crippen LogP) is 3.02. The smallest absolute Gasteiger partial charge is 0.342 e. The van der Waals surface area contributed by atoms with Crippen LogP contribution < -0.4 is 0 Å². The summed E-state index contributed by atoms with van der Waals surface area (Å²) < 4.78 is 5.25. The normalized spacial score (nSPS) is 11.8. The molecule has 0 heterocycles. The molecule has 0 saturated heterocycles. The minimum Gasteiger partial charge on any atom is -0.504 e. The van der Waals surface area contributed by atoms with Crippen LogP contribution in [0.15, 0.2) is 48.5 Å². The molecule has 0 fully saturated rings. The third-order valence-electron chi connectivity index (χ3n) is 2.79. The van der Waals surface area contributed by atoms with Gasteiger partial charge in [-0.15, -0.1) is 0 Å². The van der Waals surface area contributed by atoms with E-state index in [1.54, 1.807) is 6.92 Å². The van der Waals surface area contributed by atoms with Gasteiger partial charge in [0.1, 0.15) is 11.7 Å². The minimum absolute atomic E-state index is 0.0530. The van der Waals surface area contributed by atoms with E-state index in [2.05, 4.69) is 0 Å². The van der Waals surface area contributed by atoms with Gasteiger partial charge in [0, 0.05) is 0 Å². The number of rotatable bonds is 3. The van der Waals surface area contributed by atoms with Gasteiger partial charge in [0.15, 0.2) is 11.5 Å². The Morgan fingerprint density at radius 2 is 1.74 bits per heavy atom. The lowest BCUT2D eigenvalue weighted by molar-refractivity contribution is 0.0334. The van der Waals surface area contributed by atoms with Gasteiger partial charge in [-0.2, -0.15) is 0 Å². The van der Waals surface area contributed by atoms with Crippen LogP contribution in [0, 0.1) is 0 Å². The molecule has 0 unspecified atom stereocenters. The molecule has 2 N–H and O–H groups in total. The van der Waals surface area contributed by atoms with E-state index in [0.29, 0.717) is 0 Å². The summed E-state index contributed by atoms with van der Waals surface area (Å²) in [4.78, 5) is 11.9. The molecule has 1 atom stereocenters. The molecule has 2 aromatic rings. The molecule has 98 valence electrons. The highest BCUT2D eigenvalue weighted by Crippen LogP contribution is 2.30. The maximum atomic E-state index is 11.9. The van der Waals surface area contributed by atoms with Crippen LogP contribution in [0.5, 0.6) is 11.5 Å². The molecule has 0 spiro atoms. The molecule has 0 amide bonds. The molecule has 0 aliphatic heterocycles. The van der Waals surface area contributed by atoms with E-state index in [-0.39, 0.29) is 11.3 Å². The Morgan fingerprint density at radius 3 is 2.42 bits per heavy atom. The van der Waals surface area contributed by atoms with Crippen molar-refractivity contribution in [2.24, 2.45) is 0 Å². The third-order valence-corrected chi connectivity index (χ3v) is 2.79. The first-order chi connectivity index (χ1) is 9.09. The average molecular weight is 258 g/mol. The summed E-state index contributed by atoms with van der Waals surface area (Å²) in [6.45, 7) is 1.74. The van der Waals surface area contributed by atoms with Crippen LogP contribution in [0.4, 0.5) is 0 Å². The molecule has 4 heteroatoms. The van der Waals surface area contributed by atoms with E-state index >= 15 is 0 Å². The van der Waals surface area contributed by atoms with Crippen LogP contribution >= 0.6 is 0 Å². The van der Waals surface area contributed by atoms with Gasteiger partial charge in [0.05, 0.1) is 0 Å². The molecule has 0 aromatic heterocycles. The Bertz CT molecular complexity index is 578. The van der Waals surface area contributed by atoms with E-state index in [0.717, 1.165) is 5.56 Å². The SMILES string of the molecule is C[C@@H](OC(=O)c1cccc(O)c1O)c1ccccc1. The van der Waals surface area contributed by atoms with E-state index in [4.69, 9.17) is 4.74 Å². The Kier molecular flexibility index (Phi) is 3.71. The lowest BCUT2D eigenvalue weighted by atomic mass is 10.1. The maximum absolute atomic E-state index is 11.9. The van der Waals surface area contributed by atoms with Crippen molar-refractivity contribution in [1.29, 1.82) is 0 Å². The van der Waals surface area contributed by atoms with Gasteiger partial charge < -0.3 is 14.9 Å². The van der Waals surface area contributed by atoms with Crippen LogP contribution in [-0.4, -0.2) is 16.2 Å². The zero-order valence-electron chi connectivity index (χ0n) is 10.4. The van der Waals surface area contributed by atoms with Crippen molar-refractivity contribution in [2.75, 3.05) is 0 Å². The Hall–Kier alpha value is -2.49. The van der Waals surface area contributed by atoms with E-state index in [9.17, 15) is 15.0 Å². The third kappa shape index (κ3) is 2.85. The zero-order valence-corrected chi connectivity index (χ0v) is 10.4. The number of carbonyl (C=O) groups is 1. The average Bonchev–Trinajstić information content (AvgIpc) is 2.42. The Morgan fingerprint density at radius 1 is 1.05 bits per heavy atom. The Balaban J connectivity index is 2.16. The van der Waals surface area contributed by atoms with Crippen molar-refractivity contribution in [2.45, 2.75) is 13.0 Å². The number of aromatic hydroxyl groups is 2. The second kappa shape index (κ2) is 5.44. The van der Waals surface area contributed by atoms with Gasteiger partial charge in [0.25, 0.3) is 0 Å². The summed E-state index contributed by atoms with van der Waals surface area (Å²) in [5, 5.41) is 18.9. The van der Waals surface area contributed by atoms with Crippen LogP contribution in [0.25, 0.3) is 0 Å². The highest BCUT2D eigenvalue weighted by atomic mass is 16.5. The highest BCUT2D eigenvalue weighted by Gasteiger charge is 2.18. The molecule has 0 saturated carbocycles. The molecule has 0 radical (unpaired) electrons. The monoisotopic (exact) mass is 258 g/mol. The lowest BCUT2D eigenvalue weighted by Crippen LogP contribution is -2.09. The number of ether oxygens (including phenoxy) is 1. The number of para-hydroxylation sites is 1. The molecule has 0 bridgehead atoms. The highest BCUT2D eigenvalue weighted by molar-refractivity contribution is 5.93. The molecular weight excluding hydrogens is 244 g/mol. The van der Waals surface area contributed by atoms with Crippen molar-refractivity contribution >= 4 is 5.97 Å². The molecule has 19 heavy (non-hydrogen) atoms. The Labute approximate surface area is 110 Å². The van der Waals surface area contributed by atoms with Gasteiger partial charge in [-0.25, -0.2) is 4.79 Å². The number of phenolic OH excluding ortho intramolecular Hbond substituents is 2. The van der Waals surface area contributed by atoms with Crippen LogP contribution in [0.1, 0.15) is 28.9 Å². The summed E-state index contributed by atoms with van der Waals surface area (Å²) in [7, 11) is 0.